The lowest BCUT2D eigenvalue weighted by molar-refractivity contribution is -0.123. The van der Waals surface area contributed by atoms with Gasteiger partial charge in [0.25, 0.3) is 5.91 Å². The van der Waals surface area contributed by atoms with Gasteiger partial charge in [0.1, 0.15) is 5.75 Å². The van der Waals surface area contributed by atoms with Crippen LogP contribution in [-0.2, 0) is 4.79 Å². The van der Waals surface area contributed by atoms with E-state index in [1.54, 1.807) is 6.21 Å². The van der Waals surface area contributed by atoms with E-state index in [0.717, 1.165) is 11.1 Å². The Morgan fingerprint density at radius 2 is 1.69 bits per heavy atom. The lowest BCUT2D eigenvalue weighted by Gasteiger charge is -2.11. The predicted octanol–water partition coefficient (Wildman–Crippen LogP) is 3.32. The van der Waals surface area contributed by atoms with Crippen molar-refractivity contribution in [2.45, 2.75) is 20.8 Å². The number of amides is 1. The van der Waals surface area contributed by atoms with Crippen molar-refractivity contribution in [2.24, 2.45) is 5.10 Å². The molecule has 0 aliphatic heterocycles. The summed E-state index contributed by atoms with van der Waals surface area (Å²) in [5.74, 6) is 1.63. The van der Waals surface area contributed by atoms with Gasteiger partial charge in [-0.1, -0.05) is 17.7 Å². The zero-order chi connectivity index (χ0) is 18.8. The molecule has 0 fully saturated rings. The van der Waals surface area contributed by atoms with E-state index in [2.05, 4.69) is 10.5 Å². The highest BCUT2D eigenvalue weighted by Crippen LogP contribution is 2.27. The molecule has 1 amide bonds. The molecule has 0 atom stereocenters. The monoisotopic (exact) mass is 356 g/mol. The summed E-state index contributed by atoms with van der Waals surface area (Å²) in [7, 11) is 0. The number of rotatable bonds is 9. The second kappa shape index (κ2) is 10.1. The number of hydrogen-bond acceptors (Lipinski definition) is 5. The first-order valence-electron chi connectivity index (χ1n) is 8.53. The molecule has 26 heavy (non-hydrogen) atoms. The molecule has 2 rings (SSSR count). The van der Waals surface area contributed by atoms with E-state index in [4.69, 9.17) is 14.2 Å². The third-order valence-corrected chi connectivity index (χ3v) is 3.36. The molecule has 0 spiro atoms. The van der Waals surface area contributed by atoms with E-state index >= 15 is 0 Å². The van der Waals surface area contributed by atoms with Crippen LogP contribution in [0.25, 0.3) is 0 Å². The highest BCUT2D eigenvalue weighted by molar-refractivity contribution is 5.83. The molecule has 138 valence electrons. The average molecular weight is 356 g/mol. The van der Waals surface area contributed by atoms with Crippen LogP contribution < -0.4 is 19.6 Å². The van der Waals surface area contributed by atoms with Crippen LogP contribution in [0.4, 0.5) is 0 Å². The van der Waals surface area contributed by atoms with Gasteiger partial charge in [-0.05, 0) is 56.7 Å². The first-order chi connectivity index (χ1) is 12.6. The number of carbonyl (C=O) groups is 1. The van der Waals surface area contributed by atoms with Gasteiger partial charge in [-0.25, -0.2) is 5.43 Å². The van der Waals surface area contributed by atoms with Crippen molar-refractivity contribution >= 4 is 12.1 Å². The highest BCUT2D eigenvalue weighted by atomic mass is 16.5. The van der Waals surface area contributed by atoms with Crippen LogP contribution in [0.15, 0.2) is 47.6 Å². The molecule has 0 saturated heterocycles. The van der Waals surface area contributed by atoms with Crippen molar-refractivity contribution in [3.63, 3.8) is 0 Å². The second-order valence-electron chi connectivity index (χ2n) is 5.47. The van der Waals surface area contributed by atoms with Gasteiger partial charge in [-0.3, -0.25) is 4.79 Å². The van der Waals surface area contributed by atoms with Gasteiger partial charge in [-0.2, -0.15) is 5.10 Å². The van der Waals surface area contributed by atoms with E-state index in [1.165, 1.54) is 0 Å². The number of hydrazone groups is 1. The maximum absolute atomic E-state index is 11.8. The van der Waals surface area contributed by atoms with Crippen LogP contribution in [0.2, 0.25) is 0 Å². The van der Waals surface area contributed by atoms with E-state index in [-0.39, 0.29) is 12.5 Å². The molecule has 0 radical (unpaired) electrons. The molecular weight excluding hydrogens is 332 g/mol. The van der Waals surface area contributed by atoms with Crippen LogP contribution in [-0.4, -0.2) is 31.9 Å². The Bertz CT molecular complexity index is 742. The Balaban J connectivity index is 1.87. The van der Waals surface area contributed by atoms with Gasteiger partial charge in [0.15, 0.2) is 18.1 Å². The van der Waals surface area contributed by atoms with E-state index in [0.29, 0.717) is 30.5 Å². The maximum atomic E-state index is 11.8. The lowest BCUT2D eigenvalue weighted by Crippen LogP contribution is -2.24. The van der Waals surface area contributed by atoms with Crippen LogP contribution in [0.1, 0.15) is 25.0 Å². The van der Waals surface area contributed by atoms with Crippen molar-refractivity contribution in [1.29, 1.82) is 0 Å². The van der Waals surface area contributed by atoms with E-state index in [9.17, 15) is 4.79 Å². The molecule has 6 nitrogen and oxygen atoms in total. The van der Waals surface area contributed by atoms with Crippen molar-refractivity contribution < 1.29 is 19.0 Å². The van der Waals surface area contributed by atoms with E-state index in [1.807, 2.05) is 63.2 Å². The molecule has 2 aromatic rings. The number of ether oxygens (including phenoxy) is 3. The summed E-state index contributed by atoms with van der Waals surface area (Å²) in [6, 6.07) is 13.0. The summed E-state index contributed by atoms with van der Waals surface area (Å²) in [4.78, 5) is 11.8. The fraction of sp³-hybridized carbons (Fsp3) is 0.300. The van der Waals surface area contributed by atoms with Crippen LogP contribution in [0, 0.1) is 6.92 Å². The normalized spacial score (nSPS) is 10.6. The topological polar surface area (TPSA) is 69.2 Å². The van der Waals surface area contributed by atoms with Gasteiger partial charge in [0.2, 0.25) is 0 Å². The zero-order valence-electron chi connectivity index (χ0n) is 15.3. The summed E-state index contributed by atoms with van der Waals surface area (Å²) in [6.07, 6.45) is 1.54. The van der Waals surface area contributed by atoms with Crippen LogP contribution >= 0.6 is 0 Å². The lowest BCUT2D eigenvalue weighted by atomic mass is 10.2. The summed E-state index contributed by atoms with van der Waals surface area (Å²) < 4.78 is 16.5. The number of hydrogen-bond donors (Lipinski definition) is 1. The van der Waals surface area contributed by atoms with Gasteiger partial charge < -0.3 is 14.2 Å². The first-order valence-corrected chi connectivity index (χ1v) is 8.53. The molecule has 2 aromatic carbocycles. The van der Waals surface area contributed by atoms with Crippen molar-refractivity contribution in [1.82, 2.24) is 5.43 Å². The van der Waals surface area contributed by atoms with Gasteiger partial charge in [-0.15, -0.1) is 0 Å². The largest absolute Gasteiger partial charge is 0.490 e. The minimum Gasteiger partial charge on any atom is -0.490 e. The maximum Gasteiger partial charge on any atom is 0.277 e. The van der Waals surface area contributed by atoms with Crippen molar-refractivity contribution in [3.8, 4) is 17.2 Å². The highest BCUT2D eigenvalue weighted by Gasteiger charge is 2.05. The molecule has 0 heterocycles. The molecule has 0 unspecified atom stereocenters. The summed E-state index contributed by atoms with van der Waals surface area (Å²) in [6.45, 7) is 6.80. The van der Waals surface area contributed by atoms with Gasteiger partial charge in [0.05, 0.1) is 19.4 Å². The molecule has 0 saturated carbocycles. The molecule has 1 N–H and O–H groups in total. The molecular formula is C20H24N2O4. The molecule has 0 aliphatic carbocycles. The number of nitrogens with one attached hydrogen (secondary N) is 1. The Hall–Kier alpha value is -3.02. The Morgan fingerprint density at radius 3 is 2.38 bits per heavy atom. The third-order valence-electron chi connectivity index (χ3n) is 3.36. The Labute approximate surface area is 153 Å². The summed E-state index contributed by atoms with van der Waals surface area (Å²) >= 11 is 0. The molecule has 0 aromatic heterocycles. The van der Waals surface area contributed by atoms with E-state index < -0.39 is 0 Å². The standard InChI is InChI=1S/C20H24N2O4/c1-4-24-18-11-8-16(12-19(18)25-5-2)13-21-22-20(23)14-26-17-9-6-15(3)7-10-17/h6-13H,4-5,14H2,1-3H3,(H,22,23)/b21-13+. The number of benzene rings is 2. The first kappa shape index (κ1) is 19.3. The smallest absolute Gasteiger partial charge is 0.277 e. The van der Waals surface area contributed by atoms with Crippen molar-refractivity contribution in [3.05, 3.63) is 53.6 Å². The fourth-order valence-electron chi connectivity index (χ4n) is 2.14. The number of aryl methyl sites for hydroxylation is 1. The van der Waals surface area contributed by atoms with Gasteiger partial charge >= 0.3 is 0 Å². The SMILES string of the molecule is CCOc1ccc(/C=N/NC(=O)COc2ccc(C)cc2)cc1OCC. The molecule has 6 heteroatoms. The summed E-state index contributed by atoms with van der Waals surface area (Å²) in [5.41, 5.74) is 4.36. The second-order valence-corrected chi connectivity index (χ2v) is 5.47. The molecule has 0 aliphatic rings. The van der Waals surface area contributed by atoms with Gasteiger partial charge in [0, 0.05) is 0 Å². The van der Waals surface area contributed by atoms with Crippen LogP contribution in [0.3, 0.4) is 0 Å². The van der Waals surface area contributed by atoms with Crippen molar-refractivity contribution in [2.75, 3.05) is 19.8 Å². The molecule has 0 bridgehead atoms. The minimum atomic E-state index is -0.335. The Morgan fingerprint density at radius 1 is 1.00 bits per heavy atom. The quantitative estimate of drug-likeness (QED) is 0.553. The zero-order valence-corrected chi connectivity index (χ0v) is 15.3. The number of nitrogens with zero attached hydrogens (tertiary/aromatic N) is 1. The Kier molecular flexibility index (Phi) is 7.49. The minimum absolute atomic E-state index is 0.103. The van der Waals surface area contributed by atoms with Crippen LogP contribution in [0.5, 0.6) is 17.2 Å². The predicted molar refractivity (Wildman–Crippen MR) is 101 cm³/mol. The average Bonchev–Trinajstić information content (AvgIpc) is 2.64. The summed E-state index contributed by atoms with van der Waals surface area (Å²) in [5, 5.41) is 3.94. The number of carbonyl (C=O) groups excluding carboxylic acids is 1. The third kappa shape index (κ3) is 6.12. The fourth-order valence-corrected chi connectivity index (χ4v) is 2.14.